The highest BCUT2D eigenvalue weighted by Gasteiger charge is 2.38. The molecule has 0 radical (unpaired) electrons. The lowest BCUT2D eigenvalue weighted by atomic mass is 9.96. The van der Waals surface area contributed by atoms with Crippen LogP contribution in [0.1, 0.15) is 22.9 Å². The number of benzene rings is 1. The Morgan fingerprint density at radius 2 is 1.62 bits per heavy atom. The van der Waals surface area contributed by atoms with Crippen molar-refractivity contribution in [3.8, 4) is 0 Å². The number of thioether (sulfide) groups is 1. The molecule has 1 aromatic heterocycles. The van der Waals surface area contributed by atoms with Gasteiger partial charge in [-0.25, -0.2) is 0 Å². The van der Waals surface area contributed by atoms with E-state index in [0.29, 0.717) is 0 Å². The largest absolute Gasteiger partial charge is 0.468 e. The van der Waals surface area contributed by atoms with E-state index in [9.17, 15) is 4.79 Å². The molecule has 0 fully saturated rings. The maximum Gasteiger partial charge on any atom is 0.326 e. The van der Waals surface area contributed by atoms with Crippen molar-refractivity contribution >= 4 is 29.1 Å². The predicted molar refractivity (Wildman–Crippen MR) is 98.4 cm³/mol. The van der Waals surface area contributed by atoms with Crippen LogP contribution < -0.4 is 0 Å². The Hall–Kier alpha value is -1.34. The van der Waals surface area contributed by atoms with Crippen molar-refractivity contribution in [1.82, 2.24) is 0 Å². The van der Waals surface area contributed by atoms with Crippen LogP contribution in [0.3, 0.4) is 0 Å². The van der Waals surface area contributed by atoms with Gasteiger partial charge in [0.15, 0.2) is 0 Å². The number of carbonyl (C=O) groups is 1. The predicted octanol–water partition coefficient (Wildman–Crippen LogP) is 3.99. The van der Waals surface area contributed by atoms with Gasteiger partial charge >= 0.3 is 5.97 Å². The summed E-state index contributed by atoms with van der Waals surface area (Å²) < 4.78 is 15.7. The van der Waals surface area contributed by atoms with Gasteiger partial charge in [0.05, 0.1) is 12.0 Å². The molecule has 24 heavy (non-hydrogen) atoms. The zero-order valence-electron chi connectivity index (χ0n) is 14.5. The van der Waals surface area contributed by atoms with E-state index < -0.39 is 10.5 Å². The van der Waals surface area contributed by atoms with E-state index >= 15 is 0 Å². The number of rotatable bonds is 7. The topological polar surface area (TPSA) is 44.8 Å². The zero-order chi connectivity index (χ0) is 17.8. The normalized spacial score (nSPS) is 14.2. The van der Waals surface area contributed by atoms with Gasteiger partial charge in [-0.3, -0.25) is 4.79 Å². The lowest BCUT2D eigenvalue weighted by Gasteiger charge is -2.31. The summed E-state index contributed by atoms with van der Waals surface area (Å²) in [6, 6.07) is 11.6. The van der Waals surface area contributed by atoms with Crippen LogP contribution in [0.25, 0.3) is 0 Å². The monoisotopic (exact) mass is 366 g/mol. The molecule has 0 saturated heterocycles. The van der Waals surface area contributed by atoms with E-state index in [4.69, 9.17) is 14.2 Å². The van der Waals surface area contributed by atoms with Crippen molar-refractivity contribution in [2.75, 3.05) is 27.6 Å². The molecule has 2 rings (SSSR count). The fourth-order valence-corrected chi connectivity index (χ4v) is 4.17. The van der Waals surface area contributed by atoms with Crippen LogP contribution in [0, 0.1) is 0 Å². The van der Waals surface area contributed by atoms with Crippen molar-refractivity contribution in [2.24, 2.45) is 0 Å². The highest BCUT2D eigenvalue weighted by atomic mass is 32.2. The van der Waals surface area contributed by atoms with Crippen LogP contribution in [0.4, 0.5) is 0 Å². The second kappa shape index (κ2) is 7.70. The van der Waals surface area contributed by atoms with Gasteiger partial charge in [0.25, 0.3) is 0 Å². The fraction of sp³-hybridized carbons (Fsp3) is 0.389. The van der Waals surface area contributed by atoms with Gasteiger partial charge in [0.2, 0.25) is 5.79 Å². The third-order valence-electron chi connectivity index (χ3n) is 4.22. The highest BCUT2D eigenvalue weighted by molar-refractivity contribution is 8.00. The average molecular weight is 367 g/mol. The Bertz CT molecular complexity index is 663. The second-order valence-electron chi connectivity index (χ2n) is 5.31. The van der Waals surface area contributed by atoms with Crippen molar-refractivity contribution in [3.63, 3.8) is 0 Å². The smallest absolute Gasteiger partial charge is 0.326 e. The molecule has 0 aliphatic carbocycles. The first-order valence-electron chi connectivity index (χ1n) is 7.37. The van der Waals surface area contributed by atoms with E-state index in [1.54, 1.807) is 25.6 Å². The molecule has 0 spiro atoms. The van der Waals surface area contributed by atoms with Crippen molar-refractivity contribution in [3.05, 3.63) is 57.8 Å². The minimum absolute atomic E-state index is 0.272. The lowest BCUT2D eigenvalue weighted by molar-refractivity contribution is -0.181. The molecule has 0 amide bonds. The van der Waals surface area contributed by atoms with Crippen LogP contribution >= 0.6 is 23.1 Å². The summed E-state index contributed by atoms with van der Waals surface area (Å²) in [4.78, 5) is 13.1. The van der Waals surface area contributed by atoms with Crippen LogP contribution in [0.5, 0.6) is 0 Å². The summed E-state index contributed by atoms with van der Waals surface area (Å²) in [5, 5.41) is 1.98. The highest BCUT2D eigenvalue weighted by Crippen LogP contribution is 2.40. The first kappa shape index (κ1) is 19.0. The molecule has 1 unspecified atom stereocenters. The standard InChI is InChI=1S/C18H22O4S2/c1-17(23-5,16(19)20-2)13-8-10-14(11-9-13)18(21-3,22-4)15-7-6-12-24-15/h6-12H,1-5H3. The molecule has 1 aromatic carbocycles. The van der Waals surface area contributed by atoms with Crippen molar-refractivity contribution in [2.45, 2.75) is 17.5 Å². The molecule has 2 aromatic rings. The molecule has 1 heterocycles. The molecular formula is C18H22O4S2. The maximum absolute atomic E-state index is 12.2. The SMILES string of the molecule is COC(=O)C(C)(SC)c1ccc(C(OC)(OC)c2cccs2)cc1. The summed E-state index contributed by atoms with van der Waals surface area (Å²) >= 11 is 3.01. The molecule has 0 bridgehead atoms. The van der Waals surface area contributed by atoms with Gasteiger partial charge < -0.3 is 14.2 Å². The van der Waals surface area contributed by atoms with E-state index in [1.807, 2.05) is 55.0 Å². The molecule has 0 aliphatic heterocycles. The number of hydrogen-bond donors (Lipinski definition) is 0. The van der Waals surface area contributed by atoms with Gasteiger partial charge in [-0.15, -0.1) is 23.1 Å². The third-order valence-corrected chi connectivity index (χ3v) is 6.39. The Morgan fingerprint density at radius 1 is 1.04 bits per heavy atom. The van der Waals surface area contributed by atoms with Crippen LogP contribution in [-0.2, 0) is 29.5 Å². The van der Waals surface area contributed by atoms with Crippen LogP contribution in [0.15, 0.2) is 41.8 Å². The Balaban J connectivity index is 2.46. The molecule has 130 valence electrons. The Kier molecular flexibility index (Phi) is 6.09. The van der Waals surface area contributed by atoms with Crippen molar-refractivity contribution in [1.29, 1.82) is 0 Å². The van der Waals surface area contributed by atoms with E-state index in [-0.39, 0.29) is 5.97 Å². The molecule has 0 aliphatic rings. The molecular weight excluding hydrogens is 344 g/mol. The fourth-order valence-electron chi connectivity index (χ4n) is 2.65. The third kappa shape index (κ3) is 3.11. The minimum atomic E-state index is -0.951. The Labute approximate surface area is 151 Å². The van der Waals surface area contributed by atoms with Gasteiger partial charge in [0, 0.05) is 19.8 Å². The van der Waals surface area contributed by atoms with Gasteiger partial charge in [-0.2, -0.15) is 0 Å². The number of hydrogen-bond acceptors (Lipinski definition) is 6. The van der Waals surface area contributed by atoms with E-state index in [1.165, 1.54) is 18.9 Å². The molecule has 6 heteroatoms. The van der Waals surface area contributed by atoms with Gasteiger partial charge in [-0.05, 0) is 30.2 Å². The second-order valence-corrected chi connectivity index (χ2v) is 7.48. The van der Waals surface area contributed by atoms with E-state index in [0.717, 1.165) is 16.0 Å². The first-order chi connectivity index (χ1) is 11.5. The number of thiophene rings is 1. The van der Waals surface area contributed by atoms with E-state index in [2.05, 4.69) is 0 Å². The van der Waals surface area contributed by atoms with Gasteiger partial charge in [-0.1, -0.05) is 30.3 Å². The summed E-state index contributed by atoms with van der Waals surface area (Å²) in [7, 11) is 4.65. The van der Waals surface area contributed by atoms with Gasteiger partial charge in [0.1, 0.15) is 4.75 Å². The maximum atomic E-state index is 12.2. The molecule has 0 saturated carbocycles. The number of methoxy groups -OCH3 is 3. The van der Waals surface area contributed by atoms with Crippen molar-refractivity contribution < 1.29 is 19.0 Å². The summed E-state index contributed by atoms with van der Waals surface area (Å²) in [6.07, 6.45) is 1.89. The Morgan fingerprint density at radius 3 is 2.04 bits per heavy atom. The number of carbonyl (C=O) groups excluding carboxylic acids is 1. The molecule has 4 nitrogen and oxygen atoms in total. The average Bonchev–Trinajstić information content (AvgIpc) is 3.17. The number of esters is 1. The number of ether oxygens (including phenoxy) is 3. The lowest BCUT2D eigenvalue weighted by Crippen LogP contribution is -2.32. The quantitative estimate of drug-likeness (QED) is 0.548. The van der Waals surface area contributed by atoms with Crippen LogP contribution in [-0.4, -0.2) is 33.6 Å². The summed E-state index contributed by atoms with van der Waals surface area (Å²) in [5.41, 5.74) is 1.74. The summed E-state index contributed by atoms with van der Waals surface area (Å²) in [5.74, 6) is -1.22. The zero-order valence-corrected chi connectivity index (χ0v) is 16.1. The molecule has 0 N–H and O–H groups in total. The van der Waals surface area contributed by atoms with Crippen LogP contribution in [0.2, 0.25) is 0 Å². The summed E-state index contributed by atoms with van der Waals surface area (Å²) in [6.45, 7) is 1.86. The first-order valence-corrected chi connectivity index (χ1v) is 9.47. The molecule has 1 atom stereocenters. The minimum Gasteiger partial charge on any atom is -0.468 e.